The number of benzene rings is 2. The number of thiazole rings is 1. The molecule has 1 aliphatic carbocycles. The van der Waals surface area contributed by atoms with Crippen LogP contribution in [0.4, 0.5) is 0 Å². The number of hydrogen-bond donors (Lipinski definition) is 2. The summed E-state index contributed by atoms with van der Waals surface area (Å²) in [5.74, 6) is 1.56. The molecule has 2 aliphatic rings. The number of nitrogens with zero attached hydrogens (tertiary/aromatic N) is 1. The van der Waals surface area contributed by atoms with Gasteiger partial charge in [-0.15, -0.1) is 11.3 Å². The van der Waals surface area contributed by atoms with Crippen LogP contribution in [0.25, 0.3) is 0 Å². The summed E-state index contributed by atoms with van der Waals surface area (Å²) in [6, 6.07) is 10.9. The second-order valence-corrected chi connectivity index (χ2v) is 10.2. The van der Waals surface area contributed by atoms with Gasteiger partial charge >= 0.3 is 0 Å². The highest BCUT2D eigenvalue weighted by Gasteiger charge is 2.29. The maximum atomic E-state index is 13.0. The van der Waals surface area contributed by atoms with Crippen LogP contribution in [0.1, 0.15) is 62.7 Å². The monoisotopic (exact) mass is 507 g/mol. The lowest BCUT2D eigenvalue weighted by atomic mass is 9.90. The van der Waals surface area contributed by atoms with Gasteiger partial charge in [0.1, 0.15) is 23.1 Å². The Morgan fingerprint density at radius 3 is 2.42 bits per heavy atom. The first-order valence-corrected chi connectivity index (χ1v) is 13.0. The summed E-state index contributed by atoms with van der Waals surface area (Å²) in [5, 5.41) is 8.67. The lowest BCUT2D eigenvalue weighted by Crippen LogP contribution is -2.53. The minimum absolute atomic E-state index is 0.160. The zero-order valence-corrected chi connectivity index (χ0v) is 21.2. The molecule has 2 amide bonds. The van der Waals surface area contributed by atoms with Crippen LogP contribution in [0.3, 0.4) is 0 Å². The van der Waals surface area contributed by atoms with Crippen LogP contribution in [0.15, 0.2) is 41.8 Å². The molecular formula is C27H29N3O5S. The molecule has 1 saturated carbocycles. The molecule has 1 fully saturated rings. The largest absolute Gasteiger partial charge is 0.486 e. The van der Waals surface area contributed by atoms with Gasteiger partial charge in [-0.1, -0.05) is 18.9 Å². The maximum absolute atomic E-state index is 13.0. The number of amides is 2. The van der Waals surface area contributed by atoms with Crippen LogP contribution in [0, 0.1) is 13.8 Å². The van der Waals surface area contributed by atoms with E-state index in [9.17, 15) is 9.59 Å². The first kappa shape index (κ1) is 24.1. The number of carbonyl (C=O) groups is 2. The highest BCUT2D eigenvalue weighted by atomic mass is 32.1. The summed E-state index contributed by atoms with van der Waals surface area (Å²) in [4.78, 5) is 30.3. The summed E-state index contributed by atoms with van der Waals surface area (Å²) in [6.07, 6.45) is 3.58. The third kappa shape index (κ3) is 5.62. The lowest BCUT2D eigenvalue weighted by molar-refractivity contribution is 0.0860. The normalized spacial score (nSPS) is 18.5. The van der Waals surface area contributed by atoms with E-state index in [-0.39, 0.29) is 30.7 Å². The average molecular weight is 508 g/mol. The Kier molecular flexibility index (Phi) is 7.09. The van der Waals surface area contributed by atoms with Crippen LogP contribution in [-0.2, 0) is 6.61 Å². The van der Waals surface area contributed by atoms with Crippen molar-refractivity contribution in [3.8, 4) is 17.2 Å². The summed E-state index contributed by atoms with van der Waals surface area (Å²) in [6.45, 7) is 4.52. The number of aryl methyl sites for hydroxylation is 2. The zero-order valence-electron chi connectivity index (χ0n) is 20.3. The van der Waals surface area contributed by atoms with Crippen molar-refractivity contribution in [1.82, 2.24) is 15.6 Å². The Balaban J connectivity index is 1.18. The van der Waals surface area contributed by atoms with Crippen molar-refractivity contribution in [3.63, 3.8) is 0 Å². The molecule has 0 unspecified atom stereocenters. The van der Waals surface area contributed by atoms with E-state index in [1.54, 1.807) is 23.6 Å². The molecule has 2 heterocycles. The van der Waals surface area contributed by atoms with E-state index in [0.717, 1.165) is 47.6 Å². The number of carbonyl (C=O) groups excluding carboxylic acids is 2. The maximum Gasteiger partial charge on any atom is 0.271 e. The number of rotatable bonds is 7. The first-order valence-electron chi connectivity index (χ1n) is 12.1. The zero-order chi connectivity index (χ0) is 25.1. The molecule has 2 atom stereocenters. The Bertz CT molecular complexity index is 1250. The second kappa shape index (κ2) is 10.6. The molecule has 1 aromatic heterocycles. The molecule has 2 N–H and O–H groups in total. The molecule has 5 rings (SSSR count). The smallest absolute Gasteiger partial charge is 0.271 e. The molecule has 3 aromatic rings. The van der Waals surface area contributed by atoms with E-state index in [2.05, 4.69) is 21.7 Å². The highest BCUT2D eigenvalue weighted by molar-refractivity contribution is 7.09. The van der Waals surface area contributed by atoms with Crippen LogP contribution in [-0.4, -0.2) is 35.7 Å². The summed E-state index contributed by atoms with van der Waals surface area (Å²) >= 11 is 1.40. The summed E-state index contributed by atoms with van der Waals surface area (Å²) in [5.41, 5.74) is 3.14. The van der Waals surface area contributed by atoms with Crippen LogP contribution in [0.5, 0.6) is 17.2 Å². The van der Waals surface area contributed by atoms with Gasteiger partial charge in [0.2, 0.25) is 6.79 Å². The van der Waals surface area contributed by atoms with Crippen LogP contribution in [0.2, 0.25) is 0 Å². The molecule has 1 aliphatic heterocycles. The van der Waals surface area contributed by atoms with E-state index in [0.29, 0.717) is 29.4 Å². The number of hydrogen-bond acceptors (Lipinski definition) is 7. The standard InChI is InChI=1S/C27H29N3O5S/c1-16-9-17(2)11-19(10-16)33-13-25-28-22(14-36-25)27(32)30-21-6-4-3-5-20(21)29-26(31)18-7-8-23-24(12-18)35-15-34-23/h7-12,14,20-21H,3-6,13,15H2,1-2H3,(H,29,31)(H,30,32)/t20-,21+/m0/s1. The molecule has 9 heteroatoms. The number of nitrogens with one attached hydrogen (secondary N) is 2. The fraction of sp³-hybridized carbons (Fsp3) is 0.370. The molecule has 2 aromatic carbocycles. The van der Waals surface area contributed by atoms with Crippen molar-refractivity contribution >= 4 is 23.2 Å². The first-order chi connectivity index (χ1) is 17.4. The van der Waals surface area contributed by atoms with Crippen LogP contribution >= 0.6 is 11.3 Å². The van der Waals surface area contributed by atoms with E-state index in [1.165, 1.54) is 11.3 Å². The fourth-order valence-electron chi connectivity index (χ4n) is 4.65. The van der Waals surface area contributed by atoms with Crippen molar-refractivity contribution < 1.29 is 23.8 Å². The van der Waals surface area contributed by atoms with Gasteiger partial charge in [-0.2, -0.15) is 0 Å². The van der Waals surface area contributed by atoms with Gasteiger partial charge in [0.15, 0.2) is 11.5 Å². The van der Waals surface area contributed by atoms with E-state index < -0.39 is 0 Å². The fourth-order valence-corrected chi connectivity index (χ4v) is 5.34. The minimum atomic E-state index is -0.238. The van der Waals surface area contributed by atoms with Gasteiger partial charge in [-0.3, -0.25) is 9.59 Å². The molecule has 36 heavy (non-hydrogen) atoms. The van der Waals surface area contributed by atoms with Crippen molar-refractivity contribution in [1.29, 1.82) is 0 Å². The molecular weight excluding hydrogens is 478 g/mol. The Morgan fingerprint density at radius 2 is 1.67 bits per heavy atom. The topological polar surface area (TPSA) is 98.8 Å². The number of ether oxygens (including phenoxy) is 3. The lowest BCUT2D eigenvalue weighted by Gasteiger charge is -2.32. The average Bonchev–Trinajstić information content (AvgIpc) is 3.52. The predicted molar refractivity (Wildman–Crippen MR) is 136 cm³/mol. The third-order valence-electron chi connectivity index (χ3n) is 6.38. The van der Waals surface area contributed by atoms with E-state index >= 15 is 0 Å². The van der Waals surface area contributed by atoms with Gasteiger partial charge in [0, 0.05) is 23.0 Å². The Hall–Kier alpha value is -3.59. The second-order valence-electron chi connectivity index (χ2n) is 9.25. The summed E-state index contributed by atoms with van der Waals surface area (Å²) < 4.78 is 16.6. The molecule has 0 bridgehead atoms. The molecule has 0 radical (unpaired) electrons. The minimum Gasteiger partial charge on any atom is -0.486 e. The quantitative estimate of drug-likeness (QED) is 0.487. The van der Waals surface area contributed by atoms with Gasteiger partial charge in [0.25, 0.3) is 11.8 Å². The molecule has 0 spiro atoms. The van der Waals surface area contributed by atoms with Gasteiger partial charge in [0.05, 0.1) is 0 Å². The van der Waals surface area contributed by atoms with Gasteiger partial charge in [-0.25, -0.2) is 4.98 Å². The van der Waals surface area contributed by atoms with Gasteiger partial charge < -0.3 is 24.8 Å². The predicted octanol–water partition coefficient (Wildman–Crippen LogP) is 4.54. The Morgan fingerprint density at radius 1 is 0.972 bits per heavy atom. The van der Waals surface area contributed by atoms with Crippen molar-refractivity contribution in [3.05, 3.63) is 69.2 Å². The molecule has 0 saturated heterocycles. The molecule has 8 nitrogen and oxygen atoms in total. The number of fused-ring (bicyclic) bond motifs is 1. The van der Waals surface area contributed by atoms with Crippen LogP contribution < -0.4 is 24.8 Å². The highest BCUT2D eigenvalue weighted by Crippen LogP contribution is 2.32. The summed E-state index contributed by atoms with van der Waals surface area (Å²) in [7, 11) is 0. The van der Waals surface area contributed by atoms with E-state index in [4.69, 9.17) is 14.2 Å². The number of aromatic nitrogens is 1. The van der Waals surface area contributed by atoms with E-state index in [1.807, 2.05) is 26.0 Å². The van der Waals surface area contributed by atoms with Crippen molar-refractivity contribution in [2.24, 2.45) is 0 Å². The third-order valence-corrected chi connectivity index (χ3v) is 7.20. The van der Waals surface area contributed by atoms with Gasteiger partial charge in [-0.05, 0) is 68.1 Å². The van der Waals surface area contributed by atoms with Crippen molar-refractivity contribution in [2.45, 2.75) is 58.2 Å². The Labute approximate surface area is 214 Å². The van der Waals surface area contributed by atoms with Crippen molar-refractivity contribution in [2.75, 3.05) is 6.79 Å². The SMILES string of the molecule is Cc1cc(C)cc(OCc2nc(C(=O)N[C@@H]3CCCC[C@@H]3NC(=O)c3ccc4c(c3)OCO4)cs2)c1. The molecule has 188 valence electrons.